The Bertz CT molecular complexity index is 881. The summed E-state index contributed by atoms with van der Waals surface area (Å²) >= 11 is 0. The van der Waals surface area contributed by atoms with Gasteiger partial charge in [-0.2, -0.15) is 0 Å². The molecule has 0 aromatic heterocycles. The minimum Gasteiger partial charge on any atom is -0.352 e. The molecule has 0 saturated carbocycles. The molecule has 5 nitrogen and oxygen atoms in total. The molecule has 1 fully saturated rings. The van der Waals surface area contributed by atoms with Gasteiger partial charge in [-0.1, -0.05) is 36.8 Å². The van der Waals surface area contributed by atoms with Gasteiger partial charge in [0.05, 0.1) is 11.3 Å². The van der Waals surface area contributed by atoms with Gasteiger partial charge in [0.2, 0.25) is 0 Å². The Morgan fingerprint density at radius 2 is 1.93 bits per heavy atom. The van der Waals surface area contributed by atoms with Gasteiger partial charge in [-0.05, 0) is 56.4 Å². The number of carbonyl (C=O) groups is 2. The average molecular weight is 392 g/mol. The van der Waals surface area contributed by atoms with Crippen molar-refractivity contribution in [3.05, 3.63) is 65.2 Å². The first-order chi connectivity index (χ1) is 14.2. The highest BCUT2D eigenvalue weighted by Gasteiger charge is 2.37. The molecule has 5 heteroatoms. The van der Waals surface area contributed by atoms with Crippen molar-refractivity contribution in [1.82, 2.24) is 10.2 Å². The van der Waals surface area contributed by atoms with Crippen molar-refractivity contribution in [3.8, 4) is 0 Å². The maximum Gasteiger partial charge on any atom is 0.257 e. The number of amides is 2. The van der Waals surface area contributed by atoms with Crippen LogP contribution in [0.1, 0.15) is 58.9 Å². The predicted octanol–water partition coefficient (Wildman–Crippen LogP) is 3.84. The molecule has 2 heterocycles. The molecule has 0 unspecified atom stereocenters. The number of fused-ring (bicyclic) bond motifs is 2. The van der Waals surface area contributed by atoms with Crippen LogP contribution in [0.15, 0.2) is 48.5 Å². The molecule has 4 rings (SSSR count). The summed E-state index contributed by atoms with van der Waals surface area (Å²) in [6.07, 6.45) is 5.28. The Morgan fingerprint density at radius 1 is 1.10 bits per heavy atom. The van der Waals surface area contributed by atoms with E-state index in [2.05, 4.69) is 29.3 Å². The quantitative estimate of drug-likeness (QED) is 0.843. The van der Waals surface area contributed by atoms with Crippen LogP contribution in [0, 0.1) is 0 Å². The summed E-state index contributed by atoms with van der Waals surface area (Å²) in [5.41, 5.74) is 3.43. The number of hydrogen-bond acceptors (Lipinski definition) is 3. The fraction of sp³-hybridized carbons (Fsp3) is 0.417. The lowest BCUT2D eigenvalue weighted by Crippen LogP contribution is -2.55. The minimum atomic E-state index is -0.0875. The van der Waals surface area contributed by atoms with E-state index in [1.807, 2.05) is 35.2 Å². The van der Waals surface area contributed by atoms with Crippen molar-refractivity contribution in [2.24, 2.45) is 0 Å². The van der Waals surface area contributed by atoms with E-state index in [1.54, 1.807) is 6.07 Å². The summed E-state index contributed by atoms with van der Waals surface area (Å²) < 4.78 is 0. The number of carbonyl (C=O) groups excluding carboxylic acids is 2. The van der Waals surface area contributed by atoms with E-state index in [9.17, 15) is 9.59 Å². The van der Waals surface area contributed by atoms with Crippen LogP contribution < -0.4 is 10.2 Å². The molecule has 2 aliphatic rings. The van der Waals surface area contributed by atoms with E-state index < -0.39 is 0 Å². The van der Waals surface area contributed by atoms with Crippen LogP contribution in [-0.2, 0) is 6.42 Å². The second kappa shape index (κ2) is 8.68. The van der Waals surface area contributed by atoms with E-state index in [0.717, 1.165) is 44.5 Å². The molecule has 0 bridgehead atoms. The summed E-state index contributed by atoms with van der Waals surface area (Å²) in [6.45, 7) is 4.35. The molecule has 152 valence electrons. The lowest BCUT2D eigenvalue weighted by Gasteiger charge is -2.44. The van der Waals surface area contributed by atoms with Crippen LogP contribution >= 0.6 is 0 Å². The zero-order valence-corrected chi connectivity index (χ0v) is 17.1. The first-order valence-corrected chi connectivity index (χ1v) is 10.7. The lowest BCUT2D eigenvalue weighted by atomic mass is 10.0. The maximum atomic E-state index is 13.1. The summed E-state index contributed by atoms with van der Waals surface area (Å²) in [5.74, 6) is 0.0168. The van der Waals surface area contributed by atoms with Crippen molar-refractivity contribution in [2.45, 2.75) is 45.2 Å². The normalized spacial score (nSPS) is 18.7. The third kappa shape index (κ3) is 4.00. The van der Waals surface area contributed by atoms with Crippen molar-refractivity contribution in [1.29, 1.82) is 0 Å². The van der Waals surface area contributed by atoms with E-state index in [-0.39, 0.29) is 18.0 Å². The van der Waals surface area contributed by atoms with Gasteiger partial charge in [-0.15, -0.1) is 0 Å². The highest BCUT2D eigenvalue weighted by molar-refractivity contribution is 6.04. The standard InChI is InChI=1S/C24H29N3O2/c1-2-26-21-17-19(23(28)25-15-14-18-9-5-3-6-10-18)12-13-20(21)24(29)27-16-8-4-7-11-22(26)27/h3,5-6,9-10,12-13,17,22H,2,4,7-8,11,14-16H2,1H3,(H,25,28)/t22-/m0/s1. The monoisotopic (exact) mass is 391 g/mol. The van der Waals surface area contributed by atoms with Gasteiger partial charge in [0, 0.05) is 25.2 Å². The predicted molar refractivity (Wildman–Crippen MR) is 115 cm³/mol. The number of nitrogens with one attached hydrogen (secondary N) is 1. The molecule has 0 aliphatic carbocycles. The van der Waals surface area contributed by atoms with E-state index in [0.29, 0.717) is 17.7 Å². The summed E-state index contributed by atoms with van der Waals surface area (Å²) in [4.78, 5) is 30.1. The number of anilines is 1. The molecule has 2 aromatic rings. The Balaban J connectivity index is 1.52. The Labute approximate surface area is 172 Å². The van der Waals surface area contributed by atoms with Crippen molar-refractivity contribution >= 4 is 17.5 Å². The smallest absolute Gasteiger partial charge is 0.257 e. The SMILES string of the molecule is CCN1c2cc(C(=O)NCCc3ccccc3)ccc2C(=O)N2CCCCC[C@H]21. The lowest BCUT2D eigenvalue weighted by molar-refractivity contribution is 0.0656. The number of hydrogen-bond donors (Lipinski definition) is 1. The minimum absolute atomic E-state index is 0.0875. The molecule has 2 amide bonds. The van der Waals surface area contributed by atoms with Crippen LogP contribution in [0.2, 0.25) is 0 Å². The summed E-state index contributed by atoms with van der Waals surface area (Å²) in [6, 6.07) is 15.6. The van der Waals surface area contributed by atoms with Crippen LogP contribution in [0.25, 0.3) is 0 Å². The molecular formula is C24H29N3O2. The summed E-state index contributed by atoms with van der Waals surface area (Å²) in [5, 5.41) is 3.01. The number of benzene rings is 2. The summed E-state index contributed by atoms with van der Waals surface area (Å²) in [7, 11) is 0. The average Bonchev–Trinajstić information content (AvgIpc) is 3.01. The van der Waals surface area contributed by atoms with E-state index >= 15 is 0 Å². The van der Waals surface area contributed by atoms with E-state index in [1.165, 1.54) is 12.0 Å². The van der Waals surface area contributed by atoms with Crippen molar-refractivity contribution in [3.63, 3.8) is 0 Å². The zero-order chi connectivity index (χ0) is 20.2. The molecule has 1 saturated heterocycles. The van der Waals surface area contributed by atoms with Gasteiger partial charge in [0.15, 0.2) is 0 Å². The molecule has 1 atom stereocenters. The van der Waals surface area contributed by atoms with Crippen LogP contribution in [0.5, 0.6) is 0 Å². The van der Waals surface area contributed by atoms with E-state index in [4.69, 9.17) is 0 Å². The van der Waals surface area contributed by atoms with Gasteiger partial charge in [-0.3, -0.25) is 9.59 Å². The first kappa shape index (κ1) is 19.5. The van der Waals surface area contributed by atoms with Crippen LogP contribution in [0.4, 0.5) is 5.69 Å². The van der Waals surface area contributed by atoms with Crippen molar-refractivity contribution < 1.29 is 9.59 Å². The molecular weight excluding hydrogens is 362 g/mol. The molecule has 2 aliphatic heterocycles. The van der Waals surface area contributed by atoms with Gasteiger partial charge in [0.1, 0.15) is 6.17 Å². The van der Waals surface area contributed by atoms with Gasteiger partial charge < -0.3 is 15.1 Å². The second-order valence-electron chi connectivity index (χ2n) is 7.84. The van der Waals surface area contributed by atoms with Gasteiger partial charge in [-0.25, -0.2) is 0 Å². The molecule has 0 radical (unpaired) electrons. The second-order valence-corrected chi connectivity index (χ2v) is 7.84. The maximum absolute atomic E-state index is 13.1. The zero-order valence-electron chi connectivity index (χ0n) is 17.1. The van der Waals surface area contributed by atoms with Crippen LogP contribution in [0.3, 0.4) is 0 Å². The van der Waals surface area contributed by atoms with Gasteiger partial charge in [0.25, 0.3) is 11.8 Å². The first-order valence-electron chi connectivity index (χ1n) is 10.7. The molecule has 2 aromatic carbocycles. The number of rotatable bonds is 5. The highest BCUT2D eigenvalue weighted by atomic mass is 16.2. The van der Waals surface area contributed by atoms with Gasteiger partial charge >= 0.3 is 0 Å². The molecule has 29 heavy (non-hydrogen) atoms. The highest BCUT2D eigenvalue weighted by Crippen LogP contribution is 2.35. The molecule has 1 N–H and O–H groups in total. The molecule has 0 spiro atoms. The topological polar surface area (TPSA) is 52.7 Å². The fourth-order valence-corrected chi connectivity index (χ4v) is 4.51. The van der Waals surface area contributed by atoms with Crippen molar-refractivity contribution in [2.75, 3.05) is 24.5 Å². The fourth-order valence-electron chi connectivity index (χ4n) is 4.51. The number of nitrogens with zero attached hydrogens (tertiary/aromatic N) is 2. The van der Waals surface area contributed by atoms with Crippen LogP contribution in [-0.4, -0.2) is 42.5 Å². The Hall–Kier alpha value is -2.82. The third-order valence-electron chi connectivity index (χ3n) is 6.02. The third-order valence-corrected chi connectivity index (χ3v) is 6.02. The largest absolute Gasteiger partial charge is 0.352 e. The Morgan fingerprint density at radius 3 is 2.72 bits per heavy atom. The Kier molecular flexibility index (Phi) is 5.84.